The van der Waals surface area contributed by atoms with E-state index in [4.69, 9.17) is 6.57 Å². The van der Waals surface area contributed by atoms with Crippen molar-refractivity contribution in [3.63, 3.8) is 0 Å². The molecule has 3 rings (SSSR count). The molecule has 3 nitrogen and oxygen atoms in total. The van der Waals surface area contributed by atoms with E-state index in [2.05, 4.69) is 94.8 Å². The predicted molar refractivity (Wildman–Crippen MR) is 147 cm³/mol. The molecule has 32 heavy (non-hydrogen) atoms. The van der Waals surface area contributed by atoms with E-state index in [0.29, 0.717) is 11.1 Å². The zero-order valence-corrected chi connectivity index (χ0v) is 20.4. The number of rotatable bonds is 2. The summed E-state index contributed by atoms with van der Waals surface area (Å²) in [5.41, 5.74) is 8.66. The summed E-state index contributed by atoms with van der Waals surface area (Å²) in [4.78, 5) is 8.07. The molecule has 1 N–H and O–H groups in total. The van der Waals surface area contributed by atoms with Crippen LogP contribution >= 0.6 is 0 Å². The molecule has 0 amide bonds. The second-order valence-electron chi connectivity index (χ2n) is 9.01. The molecule has 0 saturated heterocycles. The molecule has 0 fully saturated rings. The second kappa shape index (κ2) is 13.5. The topological polar surface area (TPSA) is 29.3 Å². The molecule has 0 bridgehead atoms. The summed E-state index contributed by atoms with van der Waals surface area (Å²) in [6.07, 6.45) is 1.65. The number of benzene rings is 2. The molecule has 0 atom stereocenters. The number of pyridine rings is 1. The van der Waals surface area contributed by atoms with Gasteiger partial charge >= 0.3 is 0 Å². The van der Waals surface area contributed by atoms with Crippen molar-refractivity contribution in [3.8, 4) is 0 Å². The largest absolute Gasteiger partial charge is 0.364 e. The van der Waals surface area contributed by atoms with E-state index in [1.807, 2.05) is 19.9 Å². The van der Waals surface area contributed by atoms with E-state index >= 15 is 0 Å². The third-order valence-corrected chi connectivity index (χ3v) is 4.36. The standard InChI is InChI=1S/C20H19N3.C5H12.C2H6.2CH4/c1-12-6-7-16(8-13(12)2)23-20-17-9-14(3)15(4)10-18(17)22-11-19(20)21-5;1-5(2,3)4;1-2;;/h6-11H,1-4H3,(H,22,23);1-4H3;1-2H3;2*1H4. The fourth-order valence-corrected chi connectivity index (χ4v) is 2.62. The molecule has 0 spiro atoms. The number of nitrogens with one attached hydrogen (secondary N) is 1. The van der Waals surface area contributed by atoms with E-state index in [0.717, 1.165) is 22.3 Å². The molecule has 0 aliphatic carbocycles. The summed E-state index contributed by atoms with van der Waals surface area (Å²) < 4.78 is 0. The normalized spacial score (nSPS) is 9.66. The summed E-state index contributed by atoms with van der Waals surface area (Å²) in [6.45, 7) is 28.5. The maximum atomic E-state index is 7.44. The Labute approximate surface area is 198 Å². The first-order chi connectivity index (χ1) is 14.0. The van der Waals surface area contributed by atoms with Gasteiger partial charge in [0.15, 0.2) is 0 Å². The van der Waals surface area contributed by atoms with Crippen LogP contribution in [0.2, 0.25) is 0 Å². The van der Waals surface area contributed by atoms with Gasteiger partial charge in [0.25, 0.3) is 0 Å². The van der Waals surface area contributed by atoms with Gasteiger partial charge in [-0.3, -0.25) is 4.98 Å². The van der Waals surface area contributed by atoms with Gasteiger partial charge in [-0.15, -0.1) is 0 Å². The lowest BCUT2D eigenvalue weighted by molar-refractivity contribution is 0.469. The zero-order chi connectivity index (χ0) is 23.1. The smallest absolute Gasteiger partial charge is 0.228 e. The molecule has 3 heteroatoms. The van der Waals surface area contributed by atoms with Gasteiger partial charge in [0.05, 0.1) is 17.8 Å². The van der Waals surface area contributed by atoms with E-state index in [1.165, 1.54) is 22.3 Å². The number of nitrogens with zero attached hydrogens (tertiary/aromatic N) is 2. The van der Waals surface area contributed by atoms with Crippen LogP contribution in [0.25, 0.3) is 15.7 Å². The average molecular weight is 436 g/mol. The van der Waals surface area contributed by atoms with E-state index < -0.39 is 0 Å². The highest BCUT2D eigenvalue weighted by molar-refractivity contribution is 6.00. The van der Waals surface area contributed by atoms with Crippen LogP contribution in [0.5, 0.6) is 0 Å². The molecule has 0 aliphatic rings. The first-order valence-corrected chi connectivity index (χ1v) is 10.6. The first-order valence-electron chi connectivity index (χ1n) is 10.6. The van der Waals surface area contributed by atoms with Gasteiger partial charge in [-0.25, -0.2) is 4.85 Å². The fraction of sp³-hybridized carbons (Fsp3) is 0.448. The molecule has 3 aromatic rings. The highest BCUT2D eigenvalue weighted by atomic mass is 14.9. The number of anilines is 2. The third kappa shape index (κ3) is 9.10. The predicted octanol–water partition coefficient (Wildman–Crippen LogP) is 10.1. The monoisotopic (exact) mass is 435 g/mol. The van der Waals surface area contributed by atoms with E-state index in [9.17, 15) is 0 Å². The molecule has 0 saturated carbocycles. The summed E-state index contributed by atoms with van der Waals surface area (Å²) in [5.74, 6) is 0. The quantitative estimate of drug-likeness (QED) is 0.406. The van der Waals surface area contributed by atoms with Gasteiger partial charge in [-0.1, -0.05) is 62.5 Å². The summed E-state index contributed by atoms with van der Waals surface area (Å²) in [6, 6.07) is 10.4. The van der Waals surface area contributed by atoms with Crippen LogP contribution in [0.15, 0.2) is 36.5 Å². The van der Waals surface area contributed by atoms with Gasteiger partial charge in [0.2, 0.25) is 5.69 Å². The molecule has 1 heterocycles. The van der Waals surface area contributed by atoms with Gasteiger partial charge in [-0.2, -0.15) is 0 Å². The van der Waals surface area contributed by atoms with Crippen molar-refractivity contribution in [3.05, 3.63) is 70.2 Å². The zero-order valence-electron chi connectivity index (χ0n) is 20.4. The van der Waals surface area contributed by atoms with Crippen molar-refractivity contribution in [2.24, 2.45) is 5.41 Å². The lowest BCUT2D eigenvalue weighted by atomic mass is 10.0. The Bertz CT molecular complexity index is 1030. The molecule has 0 radical (unpaired) electrons. The highest BCUT2D eigenvalue weighted by Crippen LogP contribution is 2.36. The van der Waals surface area contributed by atoms with Gasteiger partial charge in [-0.05, 0) is 79.6 Å². The third-order valence-electron chi connectivity index (χ3n) is 4.36. The maximum Gasteiger partial charge on any atom is 0.228 e. The number of aryl methyl sites for hydroxylation is 4. The number of fused-ring (bicyclic) bond motifs is 1. The Hall–Kier alpha value is -2.86. The second-order valence-corrected chi connectivity index (χ2v) is 9.01. The highest BCUT2D eigenvalue weighted by Gasteiger charge is 2.11. The summed E-state index contributed by atoms with van der Waals surface area (Å²) in [7, 11) is 0. The summed E-state index contributed by atoms with van der Waals surface area (Å²) in [5, 5.41) is 4.41. The molecular formula is C29H45N3. The minimum atomic E-state index is 0. The van der Waals surface area contributed by atoms with Crippen LogP contribution < -0.4 is 5.32 Å². The lowest BCUT2D eigenvalue weighted by Gasteiger charge is -2.14. The fourth-order valence-electron chi connectivity index (χ4n) is 2.62. The van der Waals surface area contributed by atoms with E-state index in [-0.39, 0.29) is 14.9 Å². The van der Waals surface area contributed by atoms with Gasteiger partial charge < -0.3 is 5.32 Å². The Morgan fingerprint density at radius 2 is 1.31 bits per heavy atom. The van der Waals surface area contributed by atoms with Crippen LogP contribution in [0.3, 0.4) is 0 Å². The van der Waals surface area contributed by atoms with Crippen LogP contribution in [0, 0.1) is 39.7 Å². The van der Waals surface area contributed by atoms with E-state index in [1.54, 1.807) is 6.20 Å². The molecular weight excluding hydrogens is 390 g/mol. The van der Waals surface area contributed by atoms with Crippen molar-refractivity contribution in [1.29, 1.82) is 0 Å². The Morgan fingerprint density at radius 1 is 0.812 bits per heavy atom. The number of aromatic nitrogens is 1. The Kier molecular flexibility index (Phi) is 13.2. The minimum Gasteiger partial charge on any atom is -0.364 e. The molecule has 1 aromatic heterocycles. The van der Waals surface area contributed by atoms with Crippen molar-refractivity contribution in [1.82, 2.24) is 4.98 Å². The van der Waals surface area contributed by atoms with Crippen LogP contribution in [-0.2, 0) is 0 Å². The molecule has 176 valence electrons. The Morgan fingerprint density at radius 3 is 1.81 bits per heavy atom. The molecule has 2 aromatic carbocycles. The van der Waals surface area contributed by atoms with Crippen LogP contribution in [0.1, 0.15) is 78.6 Å². The van der Waals surface area contributed by atoms with Crippen LogP contribution in [0.4, 0.5) is 17.1 Å². The maximum absolute atomic E-state index is 7.44. The minimum absolute atomic E-state index is 0. The number of hydrogen-bond donors (Lipinski definition) is 1. The van der Waals surface area contributed by atoms with Crippen molar-refractivity contribution < 1.29 is 0 Å². The molecule has 0 unspecified atom stereocenters. The number of hydrogen-bond acceptors (Lipinski definition) is 2. The first kappa shape index (κ1) is 31.3. The molecule has 0 aliphatic heterocycles. The van der Waals surface area contributed by atoms with Crippen LogP contribution in [-0.4, -0.2) is 4.98 Å². The van der Waals surface area contributed by atoms with Gasteiger partial charge in [0.1, 0.15) is 0 Å². The SMILES string of the molecule is C.C.CC.CC(C)(C)C.[C-]#[N+]c1cnc2cc(C)c(C)cc2c1Nc1ccc(C)c(C)c1. The average Bonchev–Trinajstić information content (AvgIpc) is 2.66. The lowest BCUT2D eigenvalue weighted by Crippen LogP contribution is -1.95. The van der Waals surface area contributed by atoms with Crippen molar-refractivity contribution >= 4 is 28.0 Å². The summed E-state index contributed by atoms with van der Waals surface area (Å²) >= 11 is 0. The Balaban J connectivity index is 0. The van der Waals surface area contributed by atoms with Gasteiger partial charge in [0, 0.05) is 17.3 Å². The van der Waals surface area contributed by atoms with Crippen molar-refractivity contribution in [2.45, 2.75) is 84.1 Å². The van der Waals surface area contributed by atoms with Crippen molar-refractivity contribution in [2.75, 3.05) is 5.32 Å².